The Bertz CT molecular complexity index is 2410. The second-order valence-corrected chi connectivity index (χ2v) is 19.7. The van der Waals surface area contributed by atoms with Crippen LogP contribution in [0.15, 0.2) is 90.7 Å². The number of ether oxygens (including phenoxy) is 1. The lowest BCUT2D eigenvalue weighted by atomic mass is 9.94. The molecule has 0 saturated carbocycles. The number of amides is 7. The Morgan fingerprint density at radius 1 is 0.808 bits per heavy atom. The highest BCUT2D eigenvalue weighted by molar-refractivity contribution is 7.84. The first kappa shape index (κ1) is 60.1. The molecular weight excluding hydrogens is 967 g/mol. The molecule has 0 spiro atoms. The second kappa shape index (κ2) is 28.7. The molecule has 0 aliphatic carbocycles. The summed E-state index contributed by atoms with van der Waals surface area (Å²) in [6.45, 7) is 11.2. The number of hydrogen-bond donors (Lipinski definition) is 9. The van der Waals surface area contributed by atoms with Crippen molar-refractivity contribution in [3.63, 3.8) is 0 Å². The van der Waals surface area contributed by atoms with Crippen LogP contribution < -0.4 is 31.9 Å². The molecule has 2 aromatic rings. The van der Waals surface area contributed by atoms with E-state index in [1.54, 1.807) is 20.1 Å². The first-order valence-corrected chi connectivity index (χ1v) is 25.3. The van der Waals surface area contributed by atoms with E-state index in [4.69, 9.17) is 4.74 Å². The third kappa shape index (κ3) is 19.1. The predicted octanol–water partition coefficient (Wildman–Crippen LogP) is 1.24. The number of methoxy groups -OCH3 is 1. The third-order valence-electron chi connectivity index (χ3n) is 12.4. The van der Waals surface area contributed by atoms with Crippen LogP contribution in [0.3, 0.4) is 0 Å². The van der Waals surface area contributed by atoms with E-state index in [1.165, 1.54) is 64.4 Å². The van der Waals surface area contributed by atoms with Crippen LogP contribution in [0.1, 0.15) is 65.0 Å². The Labute approximate surface area is 427 Å². The fourth-order valence-corrected chi connectivity index (χ4v) is 8.18. The average Bonchev–Trinajstić information content (AvgIpc) is 3.34. The van der Waals surface area contributed by atoms with E-state index in [0.717, 1.165) is 10.5 Å². The number of phenols is 1. The molecule has 2 aromatic carbocycles. The Balaban J connectivity index is 2.12. The first-order valence-electron chi connectivity index (χ1n) is 23.6. The van der Waals surface area contributed by atoms with Crippen LogP contribution in [0.2, 0.25) is 0 Å². The fourth-order valence-electron chi connectivity index (χ4n) is 7.61. The SMILES string of the molecule is C=C1C(=O)NC(C)C(=O)NC(Cc2ccc(O)cc2)C(=O)NC(C(=O)O)C(C)C(=O)NC(CCS(C)=O)C(=O)NC(C=CC(C)=CC(C)C(Cc2ccccc2)OC)C(C)C(=O)NC(C(=O)O)CCC(=O)N1C. The van der Waals surface area contributed by atoms with E-state index in [0.29, 0.717) is 17.6 Å². The number of benzene rings is 2. The molecule has 1 aliphatic heterocycles. The molecule has 9 N–H and O–H groups in total. The molecule has 11 unspecified atom stereocenters. The zero-order valence-electron chi connectivity index (χ0n) is 42.3. The van der Waals surface area contributed by atoms with Crippen molar-refractivity contribution in [2.45, 2.75) is 109 Å². The zero-order valence-corrected chi connectivity index (χ0v) is 43.2. The Morgan fingerprint density at radius 2 is 1.41 bits per heavy atom. The summed E-state index contributed by atoms with van der Waals surface area (Å²) in [6, 6.07) is 5.97. The zero-order chi connectivity index (χ0) is 54.7. The summed E-state index contributed by atoms with van der Waals surface area (Å²) in [5.41, 5.74) is 1.70. The number of nitrogens with one attached hydrogen (secondary N) is 6. The molecule has 3 rings (SSSR count). The van der Waals surface area contributed by atoms with E-state index in [1.807, 2.05) is 43.3 Å². The molecule has 1 heterocycles. The minimum absolute atomic E-state index is 0.110. The third-order valence-corrected chi connectivity index (χ3v) is 13.2. The van der Waals surface area contributed by atoms with Gasteiger partial charge in [-0.1, -0.05) is 93.6 Å². The quantitative estimate of drug-likeness (QED) is 0.0951. The number of aromatic hydroxyl groups is 1. The van der Waals surface area contributed by atoms with E-state index in [9.17, 15) is 62.7 Å². The van der Waals surface area contributed by atoms with Crippen molar-refractivity contribution in [3.8, 4) is 5.75 Å². The summed E-state index contributed by atoms with van der Waals surface area (Å²) in [5, 5.41) is 45.2. The number of hydrogen-bond acceptors (Lipinski definition) is 12. The number of carboxylic acid groups (broad SMARTS) is 2. The van der Waals surface area contributed by atoms with Crippen molar-refractivity contribution < 1.29 is 67.4 Å². The summed E-state index contributed by atoms with van der Waals surface area (Å²) < 4.78 is 18.2. The van der Waals surface area contributed by atoms with Gasteiger partial charge in [-0.2, -0.15) is 0 Å². The predicted molar refractivity (Wildman–Crippen MR) is 270 cm³/mol. The lowest BCUT2D eigenvalue weighted by Gasteiger charge is -2.28. The molecule has 0 aromatic heterocycles. The van der Waals surface area contributed by atoms with Gasteiger partial charge in [0.15, 0.2) is 0 Å². The molecule has 22 heteroatoms. The summed E-state index contributed by atoms with van der Waals surface area (Å²) in [6.07, 6.45) is 5.32. The van der Waals surface area contributed by atoms with Gasteiger partial charge in [0.1, 0.15) is 41.7 Å². The molecule has 1 saturated heterocycles. The number of aliphatic carboxylic acids is 2. The number of nitrogens with zero attached hydrogens (tertiary/aromatic N) is 1. The Morgan fingerprint density at radius 3 is 2.00 bits per heavy atom. The average molecular weight is 1040 g/mol. The molecule has 11 atom stereocenters. The van der Waals surface area contributed by atoms with Gasteiger partial charge >= 0.3 is 11.9 Å². The summed E-state index contributed by atoms with van der Waals surface area (Å²) in [5.74, 6) is -13.0. The number of likely N-dealkylation sites (N-methyl/N-ethyl adjacent to an activating group) is 1. The molecule has 1 fully saturated rings. The maximum absolute atomic E-state index is 14.3. The van der Waals surface area contributed by atoms with Gasteiger partial charge in [0, 0.05) is 55.7 Å². The Hall–Kier alpha value is -7.20. The van der Waals surface area contributed by atoms with Gasteiger partial charge in [-0.05, 0) is 56.4 Å². The van der Waals surface area contributed by atoms with Crippen LogP contribution in [0, 0.1) is 17.8 Å². The van der Waals surface area contributed by atoms with Gasteiger partial charge in [-0.15, -0.1) is 0 Å². The van der Waals surface area contributed by atoms with Crippen LogP contribution in [0.25, 0.3) is 0 Å². The van der Waals surface area contributed by atoms with Gasteiger partial charge < -0.3 is 56.9 Å². The minimum atomic E-state index is -1.97. The van der Waals surface area contributed by atoms with Gasteiger partial charge in [-0.3, -0.25) is 37.8 Å². The van der Waals surface area contributed by atoms with Gasteiger partial charge in [0.2, 0.25) is 35.4 Å². The lowest BCUT2D eigenvalue weighted by molar-refractivity contribution is -0.146. The van der Waals surface area contributed by atoms with Crippen molar-refractivity contribution in [1.82, 2.24) is 36.8 Å². The molecule has 1 aliphatic rings. The van der Waals surface area contributed by atoms with Crippen molar-refractivity contribution in [2.24, 2.45) is 17.8 Å². The summed E-state index contributed by atoms with van der Waals surface area (Å²) in [7, 11) is 1.29. The first-order chi connectivity index (χ1) is 34.3. The standard InChI is InChI=1S/C51H69N7O14S/c1-28(25-29(2)41(72-8)27-34-13-11-10-12-14-34)15-20-37-30(3)44(61)55-39(50(67)68)21-22-42(60)58(7)33(6)47(64)52-32(5)46(63)56-40(26-35-16-18-36(59)19-17-35)49(66)57-43(51(69)70)31(4)45(62)54-38(48(65)53-37)23-24-73(9)71/h10-20,25,29-32,37-41,43,59H,6,21-24,26-27H2,1-5,7-9H3,(H,52,64)(H,53,65)(H,54,62)(H,55,61)(H,56,63)(H,57,66)(H,67,68)(H,69,70). The van der Waals surface area contributed by atoms with E-state index in [-0.39, 0.29) is 36.4 Å². The molecular formula is C51H69N7O14S. The highest BCUT2D eigenvalue weighted by atomic mass is 32.2. The van der Waals surface area contributed by atoms with Gasteiger partial charge in [0.05, 0.1) is 24.0 Å². The van der Waals surface area contributed by atoms with E-state index < -0.39 is 131 Å². The topological polar surface area (TPSA) is 316 Å². The largest absolute Gasteiger partial charge is 0.508 e. The summed E-state index contributed by atoms with van der Waals surface area (Å²) in [4.78, 5) is 123. The highest BCUT2D eigenvalue weighted by Crippen LogP contribution is 2.19. The molecule has 21 nitrogen and oxygen atoms in total. The number of phenolic OH excluding ortho intramolecular Hbond substituents is 1. The fraction of sp³-hybridized carbons (Fsp3) is 0.471. The normalized spacial score (nSPS) is 25.4. The minimum Gasteiger partial charge on any atom is -0.508 e. The molecule has 0 radical (unpaired) electrons. The molecule has 0 bridgehead atoms. The van der Waals surface area contributed by atoms with Gasteiger partial charge in [-0.25, -0.2) is 9.59 Å². The number of carbonyl (C=O) groups is 9. The monoisotopic (exact) mass is 1040 g/mol. The Kier molecular flexibility index (Phi) is 23.7. The van der Waals surface area contributed by atoms with Crippen LogP contribution in [-0.2, 0) is 71.5 Å². The lowest BCUT2D eigenvalue weighted by Crippen LogP contribution is -2.59. The summed E-state index contributed by atoms with van der Waals surface area (Å²) >= 11 is 0. The maximum atomic E-state index is 14.3. The van der Waals surface area contributed by atoms with Crippen molar-refractivity contribution in [2.75, 3.05) is 26.2 Å². The van der Waals surface area contributed by atoms with Crippen molar-refractivity contribution >= 4 is 64.1 Å². The number of allylic oxidation sites excluding steroid dienone is 2. The number of rotatable bonds is 14. The molecule has 7 amide bonds. The number of carboxylic acids is 2. The van der Waals surface area contributed by atoms with Crippen molar-refractivity contribution in [3.05, 3.63) is 102 Å². The second-order valence-electron chi connectivity index (χ2n) is 18.1. The van der Waals surface area contributed by atoms with E-state index >= 15 is 0 Å². The molecule has 398 valence electrons. The molecule has 73 heavy (non-hydrogen) atoms. The smallest absolute Gasteiger partial charge is 0.327 e. The van der Waals surface area contributed by atoms with Gasteiger partial charge in [0.25, 0.3) is 5.91 Å². The van der Waals surface area contributed by atoms with E-state index in [2.05, 4.69) is 38.5 Å². The maximum Gasteiger partial charge on any atom is 0.327 e. The van der Waals surface area contributed by atoms with Crippen molar-refractivity contribution in [1.29, 1.82) is 0 Å². The van der Waals surface area contributed by atoms with Crippen LogP contribution in [0.4, 0.5) is 0 Å². The highest BCUT2D eigenvalue weighted by Gasteiger charge is 2.37. The van der Waals surface area contributed by atoms with Crippen LogP contribution >= 0.6 is 0 Å². The van der Waals surface area contributed by atoms with Crippen LogP contribution in [-0.4, -0.2) is 146 Å². The van der Waals surface area contributed by atoms with Crippen LogP contribution in [0.5, 0.6) is 5.75 Å². The number of carbonyl (C=O) groups excluding carboxylic acids is 7.